The van der Waals surface area contributed by atoms with Gasteiger partial charge < -0.3 is 4.42 Å². The first-order valence-electron chi connectivity index (χ1n) is 5.83. The molecule has 96 valence electrons. The lowest BCUT2D eigenvalue weighted by atomic mass is 10.2. The van der Waals surface area contributed by atoms with Crippen molar-refractivity contribution in [2.75, 3.05) is 0 Å². The average molecular weight is 272 g/mol. The monoisotopic (exact) mass is 272 g/mol. The lowest BCUT2D eigenvalue weighted by Crippen LogP contribution is -1.98. The maximum Gasteiger partial charge on any atom is 0.284 e. The zero-order valence-electron chi connectivity index (χ0n) is 10.5. The van der Waals surface area contributed by atoms with Gasteiger partial charge in [0.25, 0.3) is 4.84 Å². The summed E-state index contributed by atoms with van der Waals surface area (Å²) in [4.78, 5) is 0.262. The van der Waals surface area contributed by atoms with Gasteiger partial charge in [0.2, 0.25) is 5.89 Å². The van der Waals surface area contributed by atoms with Crippen LogP contribution in [0.2, 0.25) is 0 Å². The largest absolute Gasteiger partial charge is 0.409 e. The number of H-pyrrole nitrogens is 1. The van der Waals surface area contributed by atoms with Crippen LogP contribution in [0, 0.1) is 18.7 Å². The van der Waals surface area contributed by atoms with E-state index in [2.05, 4.69) is 34.4 Å². The van der Waals surface area contributed by atoms with E-state index in [-0.39, 0.29) is 4.84 Å². The Morgan fingerprint density at radius 1 is 1.21 bits per heavy atom. The summed E-state index contributed by atoms with van der Waals surface area (Å²) < 4.78 is 7.16. The minimum Gasteiger partial charge on any atom is -0.409 e. The molecule has 0 saturated heterocycles. The highest BCUT2D eigenvalue weighted by Gasteiger charge is 2.13. The summed E-state index contributed by atoms with van der Waals surface area (Å²) in [7, 11) is 0. The van der Waals surface area contributed by atoms with Gasteiger partial charge in [0.15, 0.2) is 0 Å². The summed E-state index contributed by atoms with van der Waals surface area (Å²) in [6, 6.07) is 8.16. The van der Waals surface area contributed by atoms with Crippen molar-refractivity contribution in [2.45, 2.75) is 13.8 Å². The number of aromatic amines is 1. The Hall–Kier alpha value is -2.21. The van der Waals surface area contributed by atoms with Crippen LogP contribution in [0.5, 0.6) is 0 Å². The van der Waals surface area contributed by atoms with Crippen molar-refractivity contribution in [1.82, 2.24) is 20.0 Å². The van der Waals surface area contributed by atoms with Gasteiger partial charge in [-0.05, 0) is 38.2 Å². The molecule has 0 spiro atoms. The highest BCUT2D eigenvalue weighted by atomic mass is 32.1. The van der Waals surface area contributed by atoms with E-state index in [1.807, 2.05) is 23.7 Å². The second-order valence-corrected chi connectivity index (χ2v) is 4.68. The maximum atomic E-state index is 5.31. The second-order valence-electron chi connectivity index (χ2n) is 4.31. The van der Waals surface area contributed by atoms with E-state index >= 15 is 0 Å². The number of nitrogens with one attached hydrogen (secondary N) is 1. The van der Waals surface area contributed by atoms with E-state index in [1.165, 1.54) is 5.56 Å². The molecule has 3 aromatic rings. The molecule has 0 fully saturated rings. The smallest absolute Gasteiger partial charge is 0.284 e. The number of aryl methyl sites for hydroxylation is 1. The van der Waals surface area contributed by atoms with Crippen molar-refractivity contribution in [2.24, 2.45) is 0 Å². The summed E-state index contributed by atoms with van der Waals surface area (Å²) in [5.41, 5.74) is 4.00. The van der Waals surface area contributed by atoms with Gasteiger partial charge in [-0.25, -0.2) is 9.78 Å². The SMILES string of the molecule is Cc1ccc(-n2ncc(-c3n[nH]c(=S)o3)c2C)cc1. The van der Waals surface area contributed by atoms with Crippen LogP contribution in [0.25, 0.3) is 17.1 Å². The topological polar surface area (TPSA) is 59.6 Å². The predicted molar refractivity (Wildman–Crippen MR) is 73.7 cm³/mol. The zero-order valence-corrected chi connectivity index (χ0v) is 11.4. The van der Waals surface area contributed by atoms with Crippen LogP contribution >= 0.6 is 12.2 Å². The lowest BCUT2D eigenvalue weighted by molar-refractivity contribution is 0.551. The molecule has 0 radical (unpaired) electrons. The number of hydrogen-bond acceptors (Lipinski definition) is 4. The van der Waals surface area contributed by atoms with E-state index in [0.29, 0.717) is 5.89 Å². The fourth-order valence-corrected chi connectivity index (χ4v) is 2.04. The predicted octanol–water partition coefficient (Wildman–Crippen LogP) is 3.20. The Morgan fingerprint density at radius 2 is 1.95 bits per heavy atom. The van der Waals surface area contributed by atoms with Crippen molar-refractivity contribution in [3.8, 4) is 17.1 Å². The van der Waals surface area contributed by atoms with E-state index in [0.717, 1.165) is 16.9 Å². The van der Waals surface area contributed by atoms with Crippen molar-refractivity contribution in [3.63, 3.8) is 0 Å². The van der Waals surface area contributed by atoms with Gasteiger partial charge in [-0.2, -0.15) is 5.10 Å². The number of aromatic nitrogens is 4. The van der Waals surface area contributed by atoms with Gasteiger partial charge in [-0.15, -0.1) is 5.10 Å². The highest BCUT2D eigenvalue weighted by molar-refractivity contribution is 7.71. The van der Waals surface area contributed by atoms with E-state index in [4.69, 9.17) is 16.6 Å². The molecule has 0 amide bonds. The minimum atomic E-state index is 0.262. The molecule has 0 unspecified atom stereocenters. The summed E-state index contributed by atoms with van der Waals surface area (Å²) in [6.45, 7) is 4.02. The number of nitrogens with zero attached hydrogens (tertiary/aromatic N) is 3. The normalized spacial score (nSPS) is 10.8. The summed E-state index contributed by atoms with van der Waals surface area (Å²) in [5.74, 6) is 0.459. The molecule has 0 aliphatic heterocycles. The molecule has 2 heterocycles. The standard InChI is InChI=1S/C13H12N4OS/c1-8-3-5-10(6-4-8)17-9(2)11(7-14-17)12-15-16-13(19)18-12/h3-7H,1-2H3,(H,16,19). The molecule has 0 aliphatic rings. The quantitative estimate of drug-likeness (QED) is 0.728. The Bertz CT molecular complexity index is 767. The molecule has 0 bridgehead atoms. The van der Waals surface area contributed by atoms with E-state index in [9.17, 15) is 0 Å². The molecule has 2 aromatic heterocycles. The van der Waals surface area contributed by atoms with Gasteiger partial charge in [0, 0.05) is 0 Å². The molecular formula is C13H12N4OS. The molecule has 0 atom stereocenters. The Kier molecular flexibility index (Phi) is 2.79. The minimum absolute atomic E-state index is 0.262. The fourth-order valence-electron chi connectivity index (χ4n) is 1.91. The first-order chi connectivity index (χ1) is 9.15. The Labute approximate surface area is 114 Å². The first-order valence-corrected chi connectivity index (χ1v) is 6.23. The Morgan fingerprint density at radius 3 is 2.58 bits per heavy atom. The molecule has 3 rings (SSSR count). The van der Waals surface area contributed by atoms with Crippen LogP contribution in [-0.4, -0.2) is 20.0 Å². The van der Waals surface area contributed by atoms with Crippen molar-refractivity contribution >= 4 is 12.2 Å². The molecular weight excluding hydrogens is 260 g/mol. The van der Waals surface area contributed by atoms with Gasteiger partial charge in [-0.1, -0.05) is 17.7 Å². The number of benzene rings is 1. The van der Waals surface area contributed by atoms with E-state index < -0.39 is 0 Å². The van der Waals surface area contributed by atoms with Crippen molar-refractivity contribution in [3.05, 3.63) is 46.6 Å². The van der Waals surface area contributed by atoms with Crippen molar-refractivity contribution < 1.29 is 4.42 Å². The first kappa shape index (κ1) is 11.9. The summed E-state index contributed by atoms with van der Waals surface area (Å²) in [6.07, 6.45) is 1.73. The molecule has 6 heteroatoms. The van der Waals surface area contributed by atoms with Crippen molar-refractivity contribution in [1.29, 1.82) is 0 Å². The van der Waals surface area contributed by atoms with E-state index in [1.54, 1.807) is 6.20 Å². The number of rotatable bonds is 2. The Balaban J connectivity index is 2.08. The van der Waals surface area contributed by atoms with Crippen LogP contribution in [0.3, 0.4) is 0 Å². The van der Waals surface area contributed by atoms with Crippen LogP contribution in [0.4, 0.5) is 0 Å². The molecule has 5 nitrogen and oxygen atoms in total. The molecule has 19 heavy (non-hydrogen) atoms. The lowest BCUT2D eigenvalue weighted by Gasteiger charge is -2.04. The fraction of sp³-hybridized carbons (Fsp3) is 0.154. The highest BCUT2D eigenvalue weighted by Crippen LogP contribution is 2.23. The second kappa shape index (κ2) is 4.47. The van der Waals surface area contributed by atoms with Crippen LogP contribution < -0.4 is 0 Å². The molecule has 1 aromatic carbocycles. The third-order valence-corrected chi connectivity index (χ3v) is 3.13. The molecule has 0 saturated carbocycles. The van der Waals surface area contributed by atoms with Gasteiger partial charge in [-0.3, -0.25) is 0 Å². The molecule has 1 N–H and O–H groups in total. The third kappa shape index (κ3) is 2.10. The van der Waals surface area contributed by atoms with Gasteiger partial charge in [0.1, 0.15) is 0 Å². The van der Waals surface area contributed by atoms with Gasteiger partial charge in [0.05, 0.1) is 23.1 Å². The van der Waals surface area contributed by atoms with Crippen LogP contribution in [-0.2, 0) is 0 Å². The van der Waals surface area contributed by atoms with Crippen LogP contribution in [0.1, 0.15) is 11.3 Å². The summed E-state index contributed by atoms with van der Waals surface area (Å²) in [5, 5.41) is 11.0. The zero-order chi connectivity index (χ0) is 13.4. The average Bonchev–Trinajstić information content (AvgIpc) is 2.97. The molecule has 0 aliphatic carbocycles. The third-order valence-electron chi connectivity index (χ3n) is 2.96. The maximum absolute atomic E-state index is 5.31. The number of hydrogen-bond donors (Lipinski definition) is 1. The van der Waals surface area contributed by atoms with Crippen LogP contribution in [0.15, 0.2) is 34.9 Å². The summed E-state index contributed by atoms with van der Waals surface area (Å²) >= 11 is 4.88. The van der Waals surface area contributed by atoms with Gasteiger partial charge >= 0.3 is 0 Å².